The average Bonchev–Trinajstić information content (AvgIpc) is 2.48. The van der Waals surface area contributed by atoms with Crippen LogP contribution in [0.2, 0.25) is 0 Å². The first-order valence-corrected chi connectivity index (χ1v) is 6.77. The van der Waals surface area contributed by atoms with Gasteiger partial charge in [-0.1, -0.05) is 42.5 Å². The largest absolute Gasteiger partial charge is 0.389 e. The molecule has 0 bridgehead atoms. The van der Waals surface area contributed by atoms with E-state index in [4.69, 9.17) is 18.0 Å². The van der Waals surface area contributed by atoms with Crippen molar-refractivity contribution >= 4 is 39.6 Å². The van der Waals surface area contributed by atoms with Gasteiger partial charge >= 0.3 is 0 Å². The molecule has 0 aliphatic carbocycles. The Balaban J connectivity index is 2.11. The lowest BCUT2D eigenvalue weighted by molar-refractivity contribution is 0.632. The summed E-state index contributed by atoms with van der Waals surface area (Å²) >= 11 is 5.09. The molecule has 1 aromatic heterocycles. The summed E-state index contributed by atoms with van der Waals surface area (Å²) in [6.45, 7) is 0. The number of aromatic nitrogens is 1. The van der Waals surface area contributed by atoms with Crippen LogP contribution in [0.25, 0.3) is 10.9 Å². The average molecular weight is 297 g/mol. The van der Waals surface area contributed by atoms with Crippen LogP contribution in [-0.4, -0.2) is 9.97 Å². The fraction of sp³-hybridized carbons (Fsp3) is 0. The molecule has 3 aromatic rings. The van der Waals surface area contributed by atoms with E-state index in [1.807, 2.05) is 24.3 Å². The van der Waals surface area contributed by atoms with E-state index in [-0.39, 0.29) is 10.8 Å². The number of anilines is 2. The Hall–Kier alpha value is -2.53. The van der Waals surface area contributed by atoms with Gasteiger partial charge in [0.1, 0.15) is 16.6 Å². The molecule has 0 aliphatic rings. The summed E-state index contributed by atoms with van der Waals surface area (Å²) in [5, 5.41) is 3.84. The highest BCUT2D eigenvalue weighted by Crippen LogP contribution is 2.24. The van der Waals surface area contributed by atoms with Crippen molar-refractivity contribution in [2.75, 3.05) is 5.32 Å². The summed E-state index contributed by atoms with van der Waals surface area (Å²) in [6, 6.07) is 15.7. The van der Waals surface area contributed by atoms with Gasteiger partial charge in [-0.2, -0.15) is 0 Å². The first kappa shape index (κ1) is 13.5. The quantitative estimate of drug-likeness (QED) is 0.723. The lowest BCUT2D eigenvalue weighted by atomic mass is 10.1. The van der Waals surface area contributed by atoms with Gasteiger partial charge in [0.2, 0.25) is 0 Å². The van der Waals surface area contributed by atoms with E-state index in [2.05, 4.69) is 10.3 Å². The van der Waals surface area contributed by atoms with Crippen molar-refractivity contribution < 1.29 is 4.39 Å². The Kier molecular flexibility index (Phi) is 3.50. The van der Waals surface area contributed by atoms with Crippen LogP contribution in [-0.2, 0) is 0 Å². The zero-order valence-corrected chi connectivity index (χ0v) is 11.8. The Morgan fingerprint density at radius 1 is 1.10 bits per heavy atom. The lowest BCUT2D eigenvalue weighted by Crippen LogP contribution is -2.11. The van der Waals surface area contributed by atoms with Gasteiger partial charge in [0.05, 0.1) is 11.2 Å². The van der Waals surface area contributed by atoms with Crippen LogP contribution in [0.15, 0.2) is 54.6 Å². The normalized spacial score (nSPS) is 10.5. The summed E-state index contributed by atoms with van der Waals surface area (Å²) in [6.07, 6.45) is 0. The molecule has 0 amide bonds. The minimum atomic E-state index is -0.343. The zero-order chi connectivity index (χ0) is 14.8. The predicted molar refractivity (Wildman–Crippen MR) is 87.3 cm³/mol. The third-order valence-corrected chi connectivity index (χ3v) is 3.34. The highest BCUT2D eigenvalue weighted by Gasteiger charge is 2.09. The number of para-hydroxylation sites is 2. The number of nitrogens with one attached hydrogen (secondary N) is 1. The third kappa shape index (κ3) is 2.68. The molecule has 0 saturated carbocycles. The molecule has 0 atom stereocenters. The molecule has 3 N–H and O–H groups in total. The molecule has 0 saturated heterocycles. The highest BCUT2D eigenvalue weighted by atomic mass is 32.1. The van der Waals surface area contributed by atoms with Crippen molar-refractivity contribution in [1.82, 2.24) is 4.98 Å². The van der Waals surface area contributed by atoms with Gasteiger partial charge in [-0.15, -0.1) is 0 Å². The Labute approximate surface area is 126 Å². The maximum Gasteiger partial charge on any atom is 0.146 e. The zero-order valence-electron chi connectivity index (χ0n) is 11.0. The number of halogens is 1. The Morgan fingerprint density at radius 2 is 1.81 bits per heavy atom. The van der Waals surface area contributed by atoms with E-state index in [1.165, 1.54) is 6.07 Å². The lowest BCUT2D eigenvalue weighted by Gasteiger charge is -2.11. The van der Waals surface area contributed by atoms with Gasteiger partial charge in [-0.25, -0.2) is 9.37 Å². The van der Waals surface area contributed by atoms with Crippen molar-refractivity contribution in [2.24, 2.45) is 5.73 Å². The SMILES string of the molecule is NC(=S)c1cc(Nc2ccccc2F)nc2ccccc12. The molecule has 1 heterocycles. The van der Waals surface area contributed by atoms with Crippen molar-refractivity contribution in [3.8, 4) is 0 Å². The van der Waals surface area contributed by atoms with E-state index in [0.29, 0.717) is 11.5 Å². The second-order valence-corrected chi connectivity index (χ2v) is 4.98. The smallest absolute Gasteiger partial charge is 0.146 e. The van der Waals surface area contributed by atoms with Gasteiger partial charge in [0.15, 0.2) is 0 Å². The topological polar surface area (TPSA) is 50.9 Å². The molecule has 2 aromatic carbocycles. The van der Waals surface area contributed by atoms with E-state index < -0.39 is 0 Å². The van der Waals surface area contributed by atoms with E-state index in [1.54, 1.807) is 24.3 Å². The highest BCUT2D eigenvalue weighted by molar-refractivity contribution is 7.80. The molecule has 0 radical (unpaired) electrons. The van der Waals surface area contributed by atoms with Crippen LogP contribution in [0.5, 0.6) is 0 Å². The summed E-state index contributed by atoms with van der Waals surface area (Å²) in [5.41, 5.74) is 7.60. The van der Waals surface area contributed by atoms with Crippen LogP contribution in [0.4, 0.5) is 15.9 Å². The minimum absolute atomic E-state index is 0.283. The fourth-order valence-corrected chi connectivity index (χ4v) is 2.31. The first-order chi connectivity index (χ1) is 10.1. The fourth-order valence-electron chi connectivity index (χ4n) is 2.14. The number of hydrogen-bond acceptors (Lipinski definition) is 3. The molecule has 5 heteroatoms. The summed E-state index contributed by atoms with van der Waals surface area (Å²) in [4.78, 5) is 4.74. The van der Waals surface area contributed by atoms with Crippen LogP contribution in [0, 0.1) is 5.82 Å². The molecule has 3 nitrogen and oxygen atoms in total. The number of thiocarbonyl (C=S) groups is 1. The molecular formula is C16H12FN3S. The second kappa shape index (κ2) is 5.46. The van der Waals surface area contributed by atoms with E-state index >= 15 is 0 Å². The van der Waals surface area contributed by atoms with Crippen molar-refractivity contribution in [3.63, 3.8) is 0 Å². The standard InChI is InChI=1S/C16H12FN3S/c17-12-6-2-4-8-14(12)20-15-9-11(16(18)21)10-5-1-3-7-13(10)19-15/h1-9H,(H2,18,21)(H,19,20). The number of nitrogens with two attached hydrogens (primary N) is 1. The summed E-state index contributed by atoms with van der Waals surface area (Å²) in [7, 11) is 0. The number of pyridine rings is 1. The molecule has 3 rings (SSSR count). The maximum atomic E-state index is 13.7. The summed E-state index contributed by atoms with van der Waals surface area (Å²) < 4.78 is 13.7. The molecular weight excluding hydrogens is 285 g/mol. The molecule has 0 aliphatic heterocycles. The minimum Gasteiger partial charge on any atom is -0.389 e. The second-order valence-electron chi connectivity index (χ2n) is 4.54. The van der Waals surface area contributed by atoms with Crippen molar-refractivity contribution in [2.45, 2.75) is 0 Å². The van der Waals surface area contributed by atoms with Gasteiger partial charge < -0.3 is 11.1 Å². The molecule has 0 fully saturated rings. The number of rotatable bonds is 3. The van der Waals surface area contributed by atoms with Crippen LogP contribution < -0.4 is 11.1 Å². The van der Waals surface area contributed by atoms with E-state index in [0.717, 1.165) is 16.5 Å². The number of benzene rings is 2. The molecule has 0 spiro atoms. The van der Waals surface area contributed by atoms with Gasteiger partial charge in [-0.05, 0) is 24.3 Å². The first-order valence-electron chi connectivity index (χ1n) is 6.36. The van der Waals surface area contributed by atoms with Crippen LogP contribution in [0.1, 0.15) is 5.56 Å². The van der Waals surface area contributed by atoms with Gasteiger partial charge in [0, 0.05) is 10.9 Å². The van der Waals surface area contributed by atoms with Crippen LogP contribution in [0.3, 0.4) is 0 Å². The molecule has 104 valence electrons. The van der Waals surface area contributed by atoms with Crippen LogP contribution >= 0.6 is 12.2 Å². The van der Waals surface area contributed by atoms with Gasteiger partial charge in [0.25, 0.3) is 0 Å². The maximum absolute atomic E-state index is 13.7. The Morgan fingerprint density at radius 3 is 2.57 bits per heavy atom. The molecule has 0 unspecified atom stereocenters. The third-order valence-electron chi connectivity index (χ3n) is 3.12. The molecule has 21 heavy (non-hydrogen) atoms. The monoisotopic (exact) mass is 297 g/mol. The van der Waals surface area contributed by atoms with Crippen molar-refractivity contribution in [1.29, 1.82) is 0 Å². The number of nitrogens with zero attached hydrogens (tertiary/aromatic N) is 1. The predicted octanol–water partition coefficient (Wildman–Crippen LogP) is 3.75. The number of hydrogen-bond donors (Lipinski definition) is 2. The van der Waals surface area contributed by atoms with E-state index in [9.17, 15) is 4.39 Å². The Bertz CT molecular complexity index is 833. The van der Waals surface area contributed by atoms with Crippen molar-refractivity contribution in [3.05, 3.63) is 66.0 Å². The van der Waals surface area contributed by atoms with Gasteiger partial charge in [-0.3, -0.25) is 0 Å². The summed E-state index contributed by atoms with van der Waals surface area (Å²) in [5.74, 6) is 0.158. The number of fused-ring (bicyclic) bond motifs is 1.